The molecule has 0 N–H and O–H groups in total. The maximum absolute atomic E-state index is 12.3. The molecule has 22 heavy (non-hydrogen) atoms. The number of hydrogen-bond donors (Lipinski definition) is 0. The van der Waals surface area contributed by atoms with Crippen molar-refractivity contribution in [3.8, 4) is 11.5 Å². The van der Waals surface area contributed by atoms with Crippen LogP contribution in [0.25, 0.3) is 22.2 Å². The number of aryl methyl sites for hydroxylation is 1. The van der Waals surface area contributed by atoms with Crippen LogP contribution in [-0.2, 0) is 4.74 Å². The molecule has 0 aliphatic heterocycles. The molecule has 2 aromatic heterocycles. The van der Waals surface area contributed by atoms with Crippen molar-refractivity contribution >= 4 is 39.3 Å². The maximum Gasteiger partial charge on any atom is 0.338 e. The van der Waals surface area contributed by atoms with E-state index in [2.05, 4.69) is 32.8 Å². The molecule has 0 saturated carbocycles. The van der Waals surface area contributed by atoms with Gasteiger partial charge in [0.2, 0.25) is 0 Å². The zero-order valence-corrected chi connectivity index (χ0v) is 14.2. The normalized spacial score (nSPS) is 10.9. The predicted octanol–water partition coefficient (Wildman–Crippen LogP) is 3.98. The Morgan fingerprint density at radius 3 is 2.86 bits per heavy atom. The molecule has 5 nitrogen and oxygen atoms in total. The van der Waals surface area contributed by atoms with E-state index >= 15 is 0 Å². The van der Waals surface area contributed by atoms with Gasteiger partial charge in [0, 0.05) is 14.3 Å². The number of ether oxygens (including phenoxy) is 1. The van der Waals surface area contributed by atoms with Gasteiger partial charge < -0.3 is 9.15 Å². The zero-order chi connectivity index (χ0) is 15.7. The number of rotatable bonds is 3. The smallest absolute Gasteiger partial charge is 0.338 e. The summed E-state index contributed by atoms with van der Waals surface area (Å²) >= 11 is 2.17. The predicted molar refractivity (Wildman–Crippen MR) is 90.7 cm³/mol. The Hall–Kier alpha value is -1.96. The molecule has 0 aliphatic rings. The van der Waals surface area contributed by atoms with E-state index in [9.17, 15) is 4.79 Å². The van der Waals surface area contributed by atoms with Gasteiger partial charge in [0.1, 0.15) is 5.69 Å². The van der Waals surface area contributed by atoms with Crippen LogP contribution in [-0.4, -0.2) is 22.8 Å². The minimum atomic E-state index is -0.354. The Morgan fingerprint density at radius 2 is 2.18 bits per heavy atom. The van der Waals surface area contributed by atoms with E-state index in [-0.39, 0.29) is 5.97 Å². The second kappa shape index (κ2) is 6.04. The highest BCUT2D eigenvalue weighted by atomic mass is 127. The second-order valence-electron chi connectivity index (χ2n) is 4.71. The number of furan rings is 1. The lowest BCUT2D eigenvalue weighted by Crippen LogP contribution is -2.08. The SMILES string of the molecule is CCOC(=O)c1cc(I)cc2c(-c3ccco3)nnc(C)c12. The number of esters is 1. The summed E-state index contributed by atoms with van der Waals surface area (Å²) in [5.41, 5.74) is 1.81. The average Bonchev–Trinajstić information content (AvgIpc) is 3.01. The first kappa shape index (κ1) is 15.0. The summed E-state index contributed by atoms with van der Waals surface area (Å²) in [7, 11) is 0. The Morgan fingerprint density at radius 1 is 1.36 bits per heavy atom. The number of benzene rings is 1. The molecule has 0 fully saturated rings. The summed E-state index contributed by atoms with van der Waals surface area (Å²) in [4.78, 5) is 12.3. The summed E-state index contributed by atoms with van der Waals surface area (Å²) in [6, 6.07) is 7.39. The van der Waals surface area contributed by atoms with Crippen LogP contribution in [0, 0.1) is 10.5 Å². The van der Waals surface area contributed by atoms with E-state index in [0.717, 1.165) is 14.3 Å². The highest BCUT2D eigenvalue weighted by Gasteiger charge is 2.19. The van der Waals surface area contributed by atoms with Crippen LogP contribution in [0.1, 0.15) is 23.0 Å². The Kier molecular flexibility index (Phi) is 4.10. The van der Waals surface area contributed by atoms with E-state index in [1.165, 1.54) is 0 Å². The highest BCUT2D eigenvalue weighted by molar-refractivity contribution is 14.1. The third-order valence-corrected chi connectivity index (χ3v) is 3.89. The summed E-state index contributed by atoms with van der Waals surface area (Å²) in [5.74, 6) is 0.266. The van der Waals surface area contributed by atoms with Crippen LogP contribution in [0.3, 0.4) is 0 Å². The minimum absolute atomic E-state index is 0.328. The molecule has 3 rings (SSSR count). The molecule has 3 aromatic rings. The number of halogens is 1. The minimum Gasteiger partial charge on any atom is -0.463 e. The Labute approximate surface area is 140 Å². The van der Waals surface area contributed by atoms with Crippen molar-refractivity contribution in [3.05, 3.63) is 45.4 Å². The van der Waals surface area contributed by atoms with Crippen LogP contribution in [0.5, 0.6) is 0 Å². The van der Waals surface area contributed by atoms with Gasteiger partial charge in [-0.15, -0.1) is 5.10 Å². The van der Waals surface area contributed by atoms with Gasteiger partial charge in [-0.05, 0) is 60.7 Å². The van der Waals surface area contributed by atoms with E-state index in [0.29, 0.717) is 29.3 Å². The van der Waals surface area contributed by atoms with Crippen LogP contribution in [0.4, 0.5) is 0 Å². The molecule has 1 aromatic carbocycles. The van der Waals surface area contributed by atoms with Crippen molar-refractivity contribution in [1.29, 1.82) is 0 Å². The van der Waals surface area contributed by atoms with Crippen LogP contribution >= 0.6 is 22.6 Å². The Balaban J connectivity index is 2.35. The number of carbonyl (C=O) groups is 1. The summed E-state index contributed by atoms with van der Waals surface area (Å²) in [5, 5.41) is 9.99. The molecular formula is C16H13IN2O3. The van der Waals surface area contributed by atoms with Crippen LogP contribution < -0.4 is 0 Å². The lowest BCUT2D eigenvalue weighted by atomic mass is 10.0. The van der Waals surface area contributed by atoms with E-state index in [4.69, 9.17) is 9.15 Å². The van der Waals surface area contributed by atoms with Crippen LogP contribution in [0.2, 0.25) is 0 Å². The van der Waals surface area contributed by atoms with Gasteiger partial charge in [0.25, 0.3) is 0 Å². The molecule has 2 heterocycles. The van der Waals surface area contributed by atoms with Gasteiger partial charge in [0.05, 0.1) is 24.1 Å². The first-order chi connectivity index (χ1) is 10.6. The number of aromatic nitrogens is 2. The van der Waals surface area contributed by atoms with Gasteiger partial charge in [-0.2, -0.15) is 5.10 Å². The van der Waals surface area contributed by atoms with Crippen molar-refractivity contribution < 1.29 is 13.9 Å². The summed E-state index contributed by atoms with van der Waals surface area (Å²) in [6.07, 6.45) is 1.59. The van der Waals surface area contributed by atoms with E-state index in [1.54, 1.807) is 19.3 Å². The van der Waals surface area contributed by atoms with Crippen molar-refractivity contribution in [3.63, 3.8) is 0 Å². The molecular weight excluding hydrogens is 395 g/mol. The Bertz CT molecular complexity index is 844. The first-order valence-electron chi connectivity index (χ1n) is 6.79. The molecule has 0 unspecified atom stereocenters. The number of fused-ring (bicyclic) bond motifs is 1. The van der Waals surface area contributed by atoms with Crippen molar-refractivity contribution in [1.82, 2.24) is 10.2 Å². The average molecular weight is 408 g/mol. The number of nitrogens with zero attached hydrogens (tertiary/aromatic N) is 2. The standard InChI is InChI=1S/C16H13IN2O3/c1-3-21-16(20)12-8-10(17)7-11-14(12)9(2)18-19-15(11)13-5-4-6-22-13/h4-8H,3H2,1-2H3. The van der Waals surface area contributed by atoms with Crippen molar-refractivity contribution in [2.75, 3.05) is 6.61 Å². The first-order valence-corrected chi connectivity index (χ1v) is 7.87. The van der Waals surface area contributed by atoms with Crippen molar-refractivity contribution in [2.24, 2.45) is 0 Å². The van der Waals surface area contributed by atoms with Crippen molar-refractivity contribution in [2.45, 2.75) is 13.8 Å². The maximum atomic E-state index is 12.3. The summed E-state index contributed by atoms with van der Waals surface area (Å²) < 4.78 is 11.5. The zero-order valence-electron chi connectivity index (χ0n) is 12.1. The summed E-state index contributed by atoms with van der Waals surface area (Å²) in [6.45, 7) is 3.94. The molecule has 112 valence electrons. The third-order valence-electron chi connectivity index (χ3n) is 3.27. The van der Waals surface area contributed by atoms with E-state index in [1.807, 2.05) is 25.1 Å². The van der Waals surface area contributed by atoms with Gasteiger partial charge in [0.15, 0.2) is 5.76 Å². The number of hydrogen-bond acceptors (Lipinski definition) is 5. The molecule has 0 bridgehead atoms. The van der Waals surface area contributed by atoms with E-state index < -0.39 is 0 Å². The van der Waals surface area contributed by atoms with Gasteiger partial charge >= 0.3 is 5.97 Å². The molecule has 0 radical (unpaired) electrons. The molecule has 6 heteroatoms. The molecule has 0 aliphatic carbocycles. The van der Waals surface area contributed by atoms with Gasteiger partial charge in [-0.1, -0.05) is 0 Å². The highest BCUT2D eigenvalue weighted by Crippen LogP contribution is 2.32. The molecule has 0 atom stereocenters. The van der Waals surface area contributed by atoms with Gasteiger partial charge in [-0.25, -0.2) is 4.79 Å². The lowest BCUT2D eigenvalue weighted by molar-refractivity contribution is 0.0528. The van der Waals surface area contributed by atoms with Gasteiger partial charge in [-0.3, -0.25) is 0 Å². The largest absolute Gasteiger partial charge is 0.463 e. The quantitative estimate of drug-likeness (QED) is 0.485. The molecule has 0 spiro atoms. The fourth-order valence-electron chi connectivity index (χ4n) is 2.38. The number of carbonyl (C=O) groups excluding carboxylic acids is 1. The topological polar surface area (TPSA) is 65.2 Å². The fraction of sp³-hybridized carbons (Fsp3) is 0.188. The lowest BCUT2D eigenvalue weighted by Gasteiger charge is -2.11. The third kappa shape index (κ3) is 2.58. The molecule has 0 amide bonds. The fourth-order valence-corrected chi connectivity index (χ4v) is 3.00. The second-order valence-corrected chi connectivity index (χ2v) is 5.95. The van der Waals surface area contributed by atoms with Crippen LogP contribution in [0.15, 0.2) is 34.9 Å². The monoisotopic (exact) mass is 408 g/mol. The molecule has 0 saturated heterocycles.